The first-order valence-corrected chi connectivity index (χ1v) is 29.0. The van der Waals surface area contributed by atoms with Crippen molar-refractivity contribution >= 4 is 41.2 Å². The fraction of sp³-hybridized carbons (Fsp3) is 0.603. The summed E-state index contributed by atoms with van der Waals surface area (Å²) in [6.45, 7) is 17.3. The first-order chi connectivity index (χ1) is 37.3. The van der Waals surface area contributed by atoms with Crippen LogP contribution in [0, 0.1) is 57.2 Å². The van der Waals surface area contributed by atoms with Gasteiger partial charge in [-0.05, 0) is 152 Å². The van der Waals surface area contributed by atoms with Gasteiger partial charge in [0.15, 0.2) is 0 Å². The minimum absolute atomic E-state index is 0.0264. The number of nitrogens with one attached hydrogen (secondary N) is 4. The average Bonchev–Trinajstić information content (AvgIpc) is 3.94. The zero-order valence-corrected chi connectivity index (χ0v) is 47.4. The van der Waals surface area contributed by atoms with Crippen molar-refractivity contribution in [2.24, 2.45) is 52.3 Å². The molecule has 0 heterocycles. The molecule has 0 saturated heterocycles. The van der Waals surface area contributed by atoms with Crippen molar-refractivity contribution in [1.29, 1.82) is 0 Å². The van der Waals surface area contributed by atoms with Gasteiger partial charge in [0.25, 0.3) is 4.92 Å². The van der Waals surface area contributed by atoms with Gasteiger partial charge in [-0.15, -0.1) is 0 Å². The molecule has 424 valence electrons. The lowest BCUT2D eigenvalue weighted by atomic mass is 9.47. The molecule has 4 aliphatic carbocycles. The third-order valence-corrected chi connectivity index (χ3v) is 17.9. The van der Waals surface area contributed by atoms with E-state index in [9.17, 15) is 28.9 Å². The van der Waals surface area contributed by atoms with Crippen molar-refractivity contribution in [3.05, 3.63) is 107 Å². The lowest BCUT2D eigenvalue weighted by molar-refractivity contribution is -0.729. The first-order valence-electron chi connectivity index (χ1n) is 29.0. The van der Waals surface area contributed by atoms with E-state index in [1.165, 1.54) is 82.1 Å². The summed E-state index contributed by atoms with van der Waals surface area (Å²) >= 11 is 0. The Bertz CT molecular complexity index is 2530. The molecule has 0 bridgehead atoms. The van der Waals surface area contributed by atoms with E-state index in [1.54, 1.807) is 29.8 Å². The molecule has 15 heteroatoms. The first kappa shape index (κ1) is 59.6. The number of carbonyl (C=O) groups excluding carboxylic acids is 5. The highest BCUT2D eigenvalue weighted by Crippen LogP contribution is 2.67. The number of hydrogen-bond acceptors (Lipinski definition) is 9. The second kappa shape index (κ2) is 27.7. The fourth-order valence-corrected chi connectivity index (χ4v) is 13.8. The molecule has 0 aliphatic heterocycles. The van der Waals surface area contributed by atoms with E-state index in [1.807, 2.05) is 44.2 Å². The Morgan fingerprint density at radius 3 is 2.18 bits per heavy atom. The molecule has 10 atom stereocenters. The quantitative estimate of drug-likeness (QED) is 0.0169. The van der Waals surface area contributed by atoms with E-state index in [2.05, 4.69) is 62.0 Å². The average molecular weight is 1080 g/mol. The molecule has 3 aromatic rings. The number of carbonyl (C=O) groups is 5. The lowest BCUT2D eigenvalue weighted by Crippen LogP contribution is -2.53. The molecule has 3 aromatic carbocycles. The molecule has 0 aromatic heterocycles. The van der Waals surface area contributed by atoms with Crippen LogP contribution < -0.4 is 26.0 Å². The van der Waals surface area contributed by atoms with Gasteiger partial charge in [0, 0.05) is 50.2 Å². The molecule has 4 amide bonds. The Labute approximate surface area is 462 Å². The normalized spacial score (nSPS) is 24.5. The summed E-state index contributed by atoms with van der Waals surface area (Å²) < 4.78 is 16.8. The van der Waals surface area contributed by atoms with E-state index in [0.717, 1.165) is 53.9 Å². The Morgan fingerprint density at radius 2 is 1.47 bits per heavy atom. The van der Waals surface area contributed by atoms with Crippen molar-refractivity contribution in [2.45, 2.75) is 176 Å². The molecular weight excluding hydrogens is 987 g/mol. The lowest BCUT2D eigenvalue weighted by Gasteiger charge is -2.58. The SMILES string of the molecule is CC(C)CCC[C@@H](C)[C@H]1CC[C@H]2[C@@H]3CC=C4C[C@@H](OCCCNC(=O)CCC(=O)N[C@@H](CC(C)C)C(=O)N[C@@H](Cc5ccccc5)C(=O)Nc5ccc(COC(=O)Oc6ccc([N+](=O)O)cc6)cc5)CC[C@]4(C)[C@H]3CC[C@]12C. The van der Waals surface area contributed by atoms with Gasteiger partial charge in [0.1, 0.15) is 24.4 Å². The monoisotopic (exact) mass is 1070 g/mol. The number of ether oxygens (including phenoxy) is 3. The van der Waals surface area contributed by atoms with Crippen LogP contribution >= 0.6 is 0 Å². The summed E-state index contributed by atoms with van der Waals surface area (Å²) in [5, 5.41) is 20.5. The van der Waals surface area contributed by atoms with Crippen LogP contribution in [0.4, 0.5) is 16.2 Å². The summed E-state index contributed by atoms with van der Waals surface area (Å²) in [6.07, 6.45) is 17.0. The molecule has 4 aliphatic rings. The van der Waals surface area contributed by atoms with Crippen LogP contribution in [-0.4, -0.2) is 71.3 Å². The zero-order chi connectivity index (χ0) is 56.0. The van der Waals surface area contributed by atoms with Crippen LogP contribution in [0.5, 0.6) is 5.75 Å². The van der Waals surface area contributed by atoms with Crippen molar-refractivity contribution in [1.82, 2.24) is 16.0 Å². The number of nitrogens with zero attached hydrogens (tertiary/aromatic N) is 1. The third-order valence-electron chi connectivity index (χ3n) is 17.9. The Morgan fingerprint density at radius 1 is 0.744 bits per heavy atom. The van der Waals surface area contributed by atoms with Crippen LogP contribution in [-0.2, 0) is 41.7 Å². The van der Waals surface area contributed by atoms with Crippen LogP contribution in [0.1, 0.15) is 156 Å². The third kappa shape index (κ3) is 16.0. The minimum atomic E-state index is -1.01. The molecule has 15 nitrogen and oxygen atoms in total. The Kier molecular flexibility index (Phi) is 21.1. The molecule has 0 radical (unpaired) electrons. The number of rotatable bonds is 26. The van der Waals surface area contributed by atoms with Gasteiger partial charge >= 0.3 is 11.8 Å². The summed E-state index contributed by atoms with van der Waals surface area (Å²) in [6, 6.07) is 19.1. The van der Waals surface area contributed by atoms with E-state index in [4.69, 9.17) is 19.4 Å². The van der Waals surface area contributed by atoms with Crippen LogP contribution in [0.3, 0.4) is 0 Å². The van der Waals surface area contributed by atoms with E-state index >= 15 is 0 Å². The predicted octanol–water partition coefficient (Wildman–Crippen LogP) is 12.1. The van der Waals surface area contributed by atoms with Crippen molar-refractivity contribution in [3.8, 4) is 5.75 Å². The molecular formula is C63H88N5O10+. The van der Waals surface area contributed by atoms with Crippen LogP contribution in [0.15, 0.2) is 90.5 Å². The number of fused-ring (bicyclic) bond motifs is 5. The smallest absolute Gasteiger partial charge is 0.429 e. The topological polar surface area (TPSA) is 201 Å². The zero-order valence-electron chi connectivity index (χ0n) is 47.4. The molecule has 5 N–H and O–H groups in total. The molecule has 3 fully saturated rings. The van der Waals surface area contributed by atoms with Gasteiger partial charge in [-0.3, -0.25) is 19.2 Å². The maximum Gasteiger partial charge on any atom is 0.514 e. The second-order valence-electron chi connectivity index (χ2n) is 24.3. The summed E-state index contributed by atoms with van der Waals surface area (Å²) in [5.74, 6) is 3.37. The van der Waals surface area contributed by atoms with E-state index in [-0.39, 0.29) is 65.6 Å². The highest BCUT2D eigenvalue weighted by molar-refractivity contribution is 5.98. The number of amides is 4. The van der Waals surface area contributed by atoms with Crippen LogP contribution in [0.2, 0.25) is 0 Å². The van der Waals surface area contributed by atoms with E-state index < -0.39 is 36.0 Å². The molecule has 3 saturated carbocycles. The maximum absolute atomic E-state index is 13.9. The van der Waals surface area contributed by atoms with Crippen molar-refractivity contribution in [2.75, 3.05) is 18.5 Å². The molecule has 0 spiro atoms. The number of hydrogen-bond donors (Lipinski definition) is 5. The summed E-state index contributed by atoms with van der Waals surface area (Å²) in [7, 11) is 0. The Hall–Kier alpha value is -6.09. The standard InChI is InChI=1S/C63H87N5O10/c1-41(2)13-11-14-43(5)52-27-28-53-51-26-19-46-39-50(31-33-62(46,6)54(51)32-34-63(52,53)7)76-36-12-35-64-57(69)29-30-58(70)66-55(37-42(3)4)60(72)67-56(38-44-15-9-8-10-16-44)59(71)65-47-20-17-45(18-21-47)40-77-61(73)78-49-24-22-48(23-25-49)68(74)75/h8-10,15-25,41-43,50-56H,11-14,26-40H2,1-7H3,(H4-,64,65,66,67,69,70,71,72,74,75)/p+1/t43-,50+,51+,52-,53+,54+,55+,56+,62+,63-/m1/s1. The summed E-state index contributed by atoms with van der Waals surface area (Å²) in [4.78, 5) is 76.9. The van der Waals surface area contributed by atoms with Gasteiger partial charge in [-0.25, -0.2) is 10.0 Å². The van der Waals surface area contributed by atoms with Gasteiger partial charge in [0.2, 0.25) is 23.6 Å². The van der Waals surface area contributed by atoms with Gasteiger partial charge in [-0.2, -0.15) is 0 Å². The van der Waals surface area contributed by atoms with E-state index in [0.29, 0.717) is 42.7 Å². The predicted molar refractivity (Wildman–Crippen MR) is 301 cm³/mol. The Balaban J connectivity index is 0.821. The number of anilines is 1. The second-order valence-corrected chi connectivity index (χ2v) is 24.3. The fourth-order valence-electron chi connectivity index (χ4n) is 13.8. The molecule has 7 rings (SSSR count). The maximum atomic E-state index is 13.9. The minimum Gasteiger partial charge on any atom is -0.429 e. The molecule has 0 unspecified atom stereocenters. The summed E-state index contributed by atoms with van der Waals surface area (Å²) in [5.41, 5.74) is 4.19. The van der Waals surface area contributed by atoms with Crippen molar-refractivity contribution < 1.29 is 48.3 Å². The van der Waals surface area contributed by atoms with Gasteiger partial charge < -0.3 is 35.5 Å². The number of benzene rings is 3. The molecule has 78 heavy (non-hydrogen) atoms. The largest absolute Gasteiger partial charge is 0.514 e. The van der Waals surface area contributed by atoms with Crippen LogP contribution in [0.25, 0.3) is 0 Å². The highest BCUT2D eigenvalue weighted by Gasteiger charge is 2.59. The van der Waals surface area contributed by atoms with Gasteiger partial charge in [-0.1, -0.05) is 122 Å². The highest BCUT2D eigenvalue weighted by atomic mass is 16.7. The number of allylic oxidation sites excluding steroid dienone is 1. The van der Waals surface area contributed by atoms with Gasteiger partial charge in [0.05, 0.1) is 11.0 Å². The van der Waals surface area contributed by atoms with Crippen molar-refractivity contribution in [3.63, 3.8) is 0 Å².